The monoisotopic (exact) mass is 735 g/mol. The number of rotatable bonds is 3. The van der Waals surface area contributed by atoms with Crippen molar-refractivity contribution < 1.29 is 23.2 Å². The molecule has 4 aliphatic heterocycles. The molecule has 1 spiro atoms. The third-order valence-electron chi connectivity index (χ3n) is 12.7. The standard InChI is InChI=1S/C40H52ClN4O5S/c1-28-5-3-14-40(48-2,26-43-15-16-44-17-18-49-23-33(44)22-43)35-10-7-31(35)21-45-25-39(13-4-6-29-19-32(41)9-11-34(29)39)27-50-37-12-8-30(20-36(37)45)38(46)42-51(47)24-28/h3,8-9,11-12,14,19-20,28,31,33,35H,4-7,10,13,15-18,21-27H2,1-2H3/q-1/b14-3+/t28-,31-,33-,35+,39-,40-/m0/s1. The van der Waals surface area contributed by atoms with Gasteiger partial charge in [-0.05, 0) is 91.8 Å². The van der Waals surface area contributed by atoms with Crippen molar-refractivity contribution in [1.29, 1.82) is 0 Å². The number of hydrogen-bond acceptors (Lipinski definition) is 9. The molecule has 51 heavy (non-hydrogen) atoms. The summed E-state index contributed by atoms with van der Waals surface area (Å²) in [7, 11) is 0.264. The van der Waals surface area contributed by atoms with Gasteiger partial charge in [-0.2, -0.15) is 10.6 Å². The molecule has 0 aromatic heterocycles. The average Bonchev–Trinajstić information content (AvgIpc) is 3.26. The zero-order chi connectivity index (χ0) is 35.2. The number of benzene rings is 2. The second-order valence-electron chi connectivity index (χ2n) is 16.0. The van der Waals surface area contributed by atoms with Crippen LogP contribution in [0.3, 0.4) is 0 Å². The molecule has 6 atom stereocenters. The van der Waals surface area contributed by atoms with Crippen molar-refractivity contribution in [3.05, 3.63) is 70.3 Å². The van der Waals surface area contributed by atoms with Crippen molar-refractivity contribution in [3.8, 4) is 5.75 Å². The number of anilines is 1. The normalized spacial score (nSPS) is 34.3. The van der Waals surface area contributed by atoms with Crippen LogP contribution in [0.4, 0.5) is 5.69 Å². The molecular formula is C40H52ClN4O5S-. The van der Waals surface area contributed by atoms with Crippen LogP contribution < -0.4 is 9.64 Å². The number of hydrogen-bond donors (Lipinski definition) is 0. The van der Waals surface area contributed by atoms with Gasteiger partial charge in [-0.15, -0.1) is 0 Å². The van der Waals surface area contributed by atoms with Gasteiger partial charge in [0.25, 0.3) is 5.91 Å². The number of methoxy groups -OCH3 is 1. The molecule has 0 radical (unpaired) electrons. The zero-order valence-corrected chi connectivity index (χ0v) is 31.6. The molecule has 2 saturated heterocycles. The van der Waals surface area contributed by atoms with Gasteiger partial charge in [0.2, 0.25) is 0 Å². The van der Waals surface area contributed by atoms with E-state index in [0.29, 0.717) is 35.8 Å². The van der Waals surface area contributed by atoms with E-state index in [-0.39, 0.29) is 11.3 Å². The van der Waals surface area contributed by atoms with Crippen LogP contribution >= 0.6 is 11.6 Å². The van der Waals surface area contributed by atoms with E-state index < -0.39 is 22.1 Å². The maximum absolute atomic E-state index is 13.4. The molecule has 6 aliphatic rings. The smallest absolute Gasteiger partial charge is 0.254 e. The van der Waals surface area contributed by atoms with E-state index in [4.69, 9.17) is 25.8 Å². The fourth-order valence-electron chi connectivity index (χ4n) is 9.84. The van der Waals surface area contributed by atoms with Crippen LogP contribution in [0.2, 0.25) is 5.02 Å². The number of carbonyl (C=O) groups is 1. The SMILES string of the molecule is CO[C@]1(CN2CCN3CCOC[C@@H]3C2)/C=C/C[C@H](C)C[S-](=O)=NC(=O)c2ccc3c(c2)N(C[C@@H]2CC[C@H]21)C[C@@]1(CCCc2cc(Cl)ccc21)CO3. The van der Waals surface area contributed by atoms with Crippen molar-refractivity contribution in [3.63, 3.8) is 0 Å². The van der Waals surface area contributed by atoms with E-state index in [1.54, 1.807) is 6.07 Å². The second-order valence-corrected chi connectivity index (χ2v) is 17.6. The lowest BCUT2D eigenvalue weighted by atomic mass is 9.63. The van der Waals surface area contributed by atoms with Crippen molar-refractivity contribution in [2.45, 2.75) is 62.5 Å². The van der Waals surface area contributed by atoms with E-state index >= 15 is 0 Å². The Balaban J connectivity index is 1.17. The van der Waals surface area contributed by atoms with Crippen LogP contribution in [0.5, 0.6) is 5.75 Å². The molecule has 276 valence electrons. The average molecular weight is 736 g/mol. The lowest BCUT2D eigenvalue weighted by molar-refractivity contribution is -0.108. The van der Waals surface area contributed by atoms with Gasteiger partial charge in [0.1, 0.15) is 11.4 Å². The Hall–Kier alpha value is -2.47. The van der Waals surface area contributed by atoms with Crippen molar-refractivity contribution in [1.82, 2.24) is 9.80 Å². The predicted octanol–water partition coefficient (Wildman–Crippen LogP) is 6.12. The van der Waals surface area contributed by atoms with Gasteiger partial charge >= 0.3 is 0 Å². The van der Waals surface area contributed by atoms with Crippen LogP contribution in [0, 0.1) is 17.8 Å². The molecule has 0 unspecified atom stereocenters. The molecule has 8 rings (SSSR count). The van der Waals surface area contributed by atoms with Crippen LogP contribution in [0.1, 0.15) is 60.5 Å². The minimum absolute atomic E-state index is 0.0987. The summed E-state index contributed by atoms with van der Waals surface area (Å²) in [6.07, 6.45) is 10.6. The van der Waals surface area contributed by atoms with Crippen LogP contribution in [-0.4, -0.2) is 106 Å². The van der Waals surface area contributed by atoms with Crippen molar-refractivity contribution in [2.24, 2.45) is 22.1 Å². The van der Waals surface area contributed by atoms with Crippen LogP contribution in [-0.2, 0) is 36.1 Å². The largest absolute Gasteiger partial charge is 0.490 e. The Bertz CT molecular complexity index is 1750. The Kier molecular flexibility index (Phi) is 10.3. The van der Waals surface area contributed by atoms with Crippen LogP contribution in [0.25, 0.3) is 0 Å². The zero-order valence-electron chi connectivity index (χ0n) is 30.1. The first-order valence-electron chi connectivity index (χ1n) is 19.0. The number of halogens is 1. The minimum atomic E-state index is -1.63. The number of carbonyl (C=O) groups excluding carboxylic acids is 1. The molecule has 9 nitrogen and oxygen atoms in total. The molecule has 11 heteroatoms. The van der Waals surface area contributed by atoms with E-state index in [1.807, 2.05) is 25.3 Å². The van der Waals surface area contributed by atoms with Gasteiger partial charge < -0.3 is 27.7 Å². The first-order valence-corrected chi connectivity index (χ1v) is 20.6. The summed E-state index contributed by atoms with van der Waals surface area (Å²) in [5.74, 6) is 1.47. The van der Waals surface area contributed by atoms with Gasteiger partial charge in [0.05, 0.1) is 25.5 Å². The highest BCUT2D eigenvalue weighted by atomic mass is 35.5. The number of allylic oxidation sites excluding steroid dienone is 1. The summed E-state index contributed by atoms with van der Waals surface area (Å²) in [5.41, 5.74) is 3.30. The Labute approximate surface area is 309 Å². The number of fused-ring (bicyclic) bond motifs is 5. The molecule has 2 bridgehead atoms. The summed E-state index contributed by atoms with van der Waals surface area (Å²) in [6, 6.07) is 12.4. The fraction of sp³-hybridized carbons (Fsp3) is 0.625. The van der Waals surface area contributed by atoms with Gasteiger partial charge in [-0.25, -0.2) is 0 Å². The molecule has 2 aromatic rings. The number of piperazine rings is 1. The number of nitrogens with zero attached hydrogens (tertiary/aromatic N) is 4. The first kappa shape index (κ1) is 35.6. The molecule has 1 amide bonds. The summed E-state index contributed by atoms with van der Waals surface area (Å²) < 4.78 is 36.6. The highest BCUT2D eigenvalue weighted by Gasteiger charge is 2.50. The third-order valence-corrected chi connectivity index (χ3v) is 14.2. The predicted molar refractivity (Wildman–Crippen MR) is 201 cm³/mol. The molecule has 2 aromatic carbocycles. The van der Waals surface area contributed by atoms with E-state index in [9.17, 15) is 9.00 Å². The van der Waals surface area contributed by atoms with Crippen LogP contribution in [0.15, 0.2) is 52.9 Å². The van der Waals surface area contributed by atoms with Crippen molar-refractivity contribution >= 4 is 33.8 Å². The number of amides is 1. The summed E-state index contributed by atoms with van der Waals surface area (Å²) in [5, 5.41) is 0.769. The first-order chi connectivity index (χ1) is 24.7. The topological polar surface area (TPSA) is 83.9 Å². The fourth-order valence-corrected chi connectivity index (χ4v) is 11.0. The lowest BCUT2D eigenvalue weighted by Gasteiger charge is -2.53. The summed E-state index contributed by atoms with van der Waals surface area (Å²) in [4.78, 5) is 21.1. The maximum atomic E-state index is 13.4. The highest BCUT2D eigenvalue weighted by molar-refractivity contribution is 7.75. The number of morpholine rings is 1. The Morgan fingerprint density at radius 1 is 1.12 bits per heavy atom. The van der Waals surface area contributed by atoms with E-state index in [2.05, 4.69) is 50.3 Å². The molecule has 4 heterocycles. The van der Waals surface area contributed by atoms with Crippen molar-refractivity contribution in [2.75, 3.05) is 83.4 Å². The van der Waals surface area contributed by atoms with Gasteiger partial charge in [-0.3, -0.25) is 14.6 Å². The van der Waals surface area contributed by atoms with Gasteiger partial charge in [0, 0.05) is 75.0 Å². The Morgan fingerprint density at radius 2 is 2.02 bits per heavy atom. The van der Waals surface area contributed by atoms with E-state index in [1.165, 1.54) is 11.1 Å². The number of aryl methyl sites for hydroxylation is 1. The second kappa shape index (κ2) is 14.7. The minimum Gasteiger partial charge on any atom is -0.490 e. The van der Waals surface area contributed by atoms with E-state index in [0.717, 1.165) is 114 Å². The van der Waals surface area contributed by atoms with Gasteiger partial charge in [-0.1, -0.05) is 48.4 Å². The quantitative estimate of drug-likeness (QED) is 0.276. The maximum Gasteiger partial charge on any atom is 0.254 e. The molecule has 0 N–H and O–H groups in total. The molecule has 3 fully saturated rings. The molecule has 1 saturated carbocycles. The van der Waals surface area contributed by atoms with Gasteiger partial charge in [0.15, 0.2) is 0 Å². The molecule has 2 aliphatic carbocycles. The summed E-state index contributed by atoms with van der Waals surface area (Å²) in [6.45, 7) is 10.7. The molecular weight excluding hydrogens is 684 g/mol. The number of ether oxygens (including phenoxy) is 3. The summed E-state index contributed by atoms with van der Waals surface area (Å²) >= 11 is 6.51. The lowest BCUT2D eigenvalue weighted by Crippen LogP contribution is -2.62. The third kappa shape index (κ3) is 7.13. The highest BCUT2D eigenvalue weighted by Crippen LogP contribution is 2.49. The Morgan fingerprint density at radius 3 is 2.86 bits per heavy atom.